The molecule has 0 saturated carbocycles. The molecule has 0 aliphatic carbocycles. The van der Waals surface area contributed by atoms with Crippen LogP contribution in [-0.4, -0.2) is 20.4 Å². The first-order valence-corrected chi connectivity index (χ1v) is 10.5. The number of nitrogens with one attached hydrogen (secondary N) is 2. The molecule has 0 spiro atoms. The maximum absolute atomic E-state index is 12.6. The number of nitrogens with two attached hydrogens (primary N) is 1. The normalized spacial score (nSPS) is 14.0. The predicted octanol–water partition coefficient (Wildman–Crippen LogP) is 3.04. The molecule has 0 aromatic heterocycles. The highest BCUT2D eigenvalue weighted by Crippen LogP contribution is 2.22. The molecule has 0 radical (unpaired) electrons. The lowest BCUT2D eigenvalue weighted by Crippen LogP contribution is -2.40. The Morgan fingerprint density at radius 1 is 1.04 bits per heavy atom. The van der Waals surface area contributed by atoms with Crippen LogP contribution >= 0.6 is 0 Å². The van der Waals surface area contributed by atoms with Crippen LogP contribution < -0.4 is 15.8 Å². The van der Waals surface area contributed by atoms with Crippen LogP contribution in [-0.2, 0) is 14.8 Å². The van der Waals surface area contributed by atoms with E-state index < -0.39 is 16.1 Å². The molecule has 0 fully saturated rings. The van der Waals surface area contributed by atoms with Crippen molar-refractivity contribution < 1.29 is 13.2 Å². The van der Waals surface area contributed by atoms with Crippen molar-refractivity contribution in [3.63, 3.8) is 0 Å². The van der Waals surface area contributed by atoms with Gasteiger partial charge in [0.15, 0.2) is 0 Å². The zero-order valence-corrected chi connectivity index (χ0v) is 16.7. The second-order valence-electron chi connectivity index (χ2n) is 7.04. The molecule has 4 N–H and O–H groups in total. The minimum Gasteiger partial charge on any atom is -0.325 e. The van der Waals surface area contributed by atoms with Crippen LogP contribution in [0.3, 0.4) is 0 Å². The highest BCUT2D eigenvalue weighted by atomic mass is 32.2. The van der Waals surface area contributed by atoms with Gasteiger partial charge in [-0.25, -0.2) is 13.6 Å². The summed E-state index contributed by atoms with van der Waals surface area (Å²) < 4.78 is 22.9. The van der Waals surface area contributed by atoms with Gasteiger partial charge in [-0.1, -0.05) is 50.2 Å². The molecule has 0 bridgehead atoms. The number of benzene rings is 2. The number of rotatable bonds is 8. The van der Waals surface area contributed by atoms with Crippen molar-refractivity contribution in [3.05, 3.63) is 60.2 Å². The zero-order chi connectivity index (χ0) is 20.0. The van der Waals surface area contributed by atoms with E-state index in [4.69, 9.17) is 5.14 Å². The Morgan fingerprint density at radius 3 is 2.30 bits per heavy atom. The second-order valence-corrected chi connectivity index (χ2v) is 8.60. The van der Waals surface area contributed by atoms with Crippen LogP contribution in [0.5, 0.6) is 0 Å². The highest BCUT2D eigenvalue weighted by Gasteiger charge is 2.20. The van der Waals surface area contributed by atoms with Crippen LogP contribution in [0.1, 0.15) is 38.8 Å². The van der Waals surface area contributed by atoms with Crippen molar-refractivity contribution >= 4 is 21.6 Å². The monoisotopic (exact) mass is 389 g/mol. The number of carbonyl (C=O) groups excluding carboxylic acids is 1. The Labute approximate surface area is 161 Å². The third kappa shape index (κ3) is 6.46. The fourth-order valence-corrected chi connectivity index (χ4v) is 3.40. The average Bonchev–Trinajstić information content (AvgIpc) is 2.61. The van der Waals surface area contributed by atoms with Crippen molar-refractivity contribution in [2.45, 2.75) is 44.2 Å². The summed E-state index contributed by atoms with van der Waals surface area (Å²) in [7, 11) is -3.82. The fraction of sp³-hybridized carbons (Fsp3) is 0.350. The third-order valence-electron chi connectivity index (χ3n) is 4.18. The Balaban J connectivity index is 2.09. The largest absolute Gasteiger partial charge is 0.325 e. The zero-order valence-electron chi connectivity index (χ0n) is 15.8. The molecule has 0 heterocycles. The fourth-order valence-electron chi connectivity index (χ4n) is 2.84. The van der Waals surface area contributed by atoms with E-state index in [1.807, 2.05) is 30.3 Å². The standard InChI is InChI=1S/C20H27N3O3S/c1-14(2)12-19(16-8-5-4-6-9-16)22-15(3)20(24)23-17-10-7-11-18(13-17)27(21,25)26/h4-11,13-15,19,22H,12H2,1-3H3,(H,23,24)(H2,21,25,26)/t15-,19-/m0/s1. The van der Waals surface area contributed by atoms with Crippen LogP contribution in [0.25, 0.3) is 0 Å². The number of carbonyl (C=O) groups is 1. The molecule has 27 heavy (non-hydrogen) atoms. The molecule has 2 atom stereocenters. The lowest BCUT2D eigenvalue weighted by molar-refractivity contribution is -0.118. The van der Waals surface area contributed by atoms with E-state index in [9.17, 15) is 13.2 Å². The molecule has 7 heteroatoms. The Morgan fingerprint density at radius 2 is 1.70 bits per heavy atom. The predicted molar refractivity (Wildman–Crippen MR) is 108 cm³/mol. The summed E-state index contributed by atoms with van der Waals surface area (Å²) in [5.74, 6) is 0.218. The van der Waals surface area contributed by atoms with Crippen molar-refractivity contribution in [2.75, 3.05) is 5.32 Å². The molecule has 6 nitrogen and oxygen atoms in total. The maximum Gasteiger partial charge on any atom is 0.241 e. The summed E-state index contributed by atoms with van der Waals surface area (Å²) in [6.45, 7) is 6.07. The van der Waals surface area contributed by atoms with Crippen molar-refractivity contribution in [3.8, 4) is 0 Å². The summed E-state index contributed by atoms with van der Waals surface area (Å²) in [6.07, 6.45) is 0.891. The number of primary sulfonamides is 1. The van der Waals surface area contributed by atoms with Crippen LogP contribution in [0.2, 0.25) is 0 Å². The van der Waals surface area contributed by atoms with Gasteiger partial charge < -0.3 is 5.32 Å². The van der Waals surface area contributed by atoms with Gasteiger partial charge in [-0.15, -0.1) is 0 Å². The van der Waals surface area contributed by atoms with Gasteiger partial charge in [-0.2, -0.15) is 0 Å². The van der Waals surface area contributed by atoms with E-state index in [1.165, 1.54) is 12.1 Å². The first-order chi connectivity index (χ1) is 12.7. The second kappa shape index (κ2) is 9.12. The summed E-state index contributed by atoms with van der Waals surface area (Å²) in [5.41, 5.74) is 1.52. The third-order valence-corrected chi connectivity index (χ3v) is 5.09. The van der Waals surface area contributed by atoms with Gasteiger partial charge in [0.2, 0.25) is 15.9 Å². The molecule has 0 saturated heterocycles. The van der Waals surface area contributed by atoms with E-state index in [-0.39, 0.29) is 16.8 Å². The lowest BCUT2D eigenvalue weighted by Gasteiger charge is -2.25. The summed E-state index contributed by atoms with van der Waals surface area (Å²) >= 11 is 0. The van der Waals surface area contributed by atoms with E-state index in [2.05, 4.69) is 24.5 Å². The molecular weight excluding hydrogens is 362 g/mol. The van der Waals surface area contributed by atoms with Gasteiger partial charge >= 0.3 is 0 Å². The molecule has 2 aromatic carbocycles. The SMILES string of the molecule is CC(C)C[C@H](N[C@@H](C)C(=O)Nc1cccc(S(N)(=O)=O)c1)c1ccccc1. The Bertz CT molecular complexity index is 867. The smallest absolute Gasteiger partial charge is 0.241 e. The molecule has 2 aromatic rings. The van der Waals surface area contributed by atoms with E-state index in [1.54, 1.807) is 19.1 Å². The first-order valence-electron chi connectivity index (χ1n) is 8.91. The molecule has 0 aliphatic rings. The van der Waals surface area contributed by atoms with Gasteiger partial charge in [-0.3, -0.25) is 10.1 Å². The molecular formula is C20H27N3O3S. The highest BCUT2D eigenvalue weighted by molar-refractivity contribution is 7.89. The molecule has 2 rings (SSSR count). The van der Waals surface area contributed by atoms with Crippen LogP contribution in [0.4, 0.5) is 5.69 Å². The number of amides is 1. The topological polar surface area (TPSA) is 101 Å². The molecule has 0 unspecified atom stereocenters. The minimum atomic E-state index is -3.82. The number of anilines is 1. The van der Waals surface area contributed by atoms with Crippen LogP contribution in [0, 0.1) is 5.92 Å². The maximum atomic E-state index is 12.6. The van der Waals surface area contributed by atoms with Gasteiger partial charge in [0, 0.05) is 11.7 Å². The van der Waals surface area contributed by atoms with Crippen molar-refractivity contribution in [1.29, 1.82) is 0 Å². The van der Waals surface area contributed by atoms with Gasteiger partial charge in [0.25, 0.3) is 0 Å². The number of sulfonamides is 1. The van der Waals surface area contributed by atoms with E-state index >= 15 is 0 Å². The Kier molecular flexibility index (Phi) is 7.12. The lowest BCUT2D eigenvalue weighted by atomic mass is 9.96. The Hall–Kier alpha value is -2.22. The molecule has 0 aliphatic heterocycles. The van der Waals surface area contributed by atoms with Gasteiger partial charge in [0.05, 0.1) is 10.9 Å². The molecule has 146 valence electrons. The number of hydrogen-bond acceptors (Lipinski definition) is 4. The minimum absolute atomic E-state index is 0.0390. The average molecular weight is 390 g/mol. The summed E-state index contributed by atoms with van der Waals surface area (Å²) in [6, 6.07) is 15.5. The quantitative estimate of drug-likeness (QED) is 0.646. The van der Waals surface area contributed by atoms with Crippen molar-refractivity contribution in [1.82, 2.24) is 5.32 Å². The van der Waals surface area contributed by atoms with Gasteiger partial charge in [-0.05, 0) is 43.0 Å². The van der Waals surface area contributed by atoms with E-state index in [0.717, 1.165) is 12.0 Å². The van der Waals surface area contributed by atoms with Crippen molar-refractivity contribution in [2.24, 2.45) is 11.1 Å². The van der Waals surface area contributed by atoms with Crippen LogP contribution in [0.15, 0.2) is 59.5 Å². The van der Waals surface area contributed by atoms with E-state index in [0.29, 0.717) is 11.6 Å². The van der Waals surface area contributed by atoms with Gasteiger partial charge in [0.1, 0.15) is 0 Å². The first kappa shape index (κ1) is 21.1. The number of hydrogen-bond donors (Lipinski definition) is 3. The summed E-state index contributed by atoms with van der Waals surface area (Å²) in [5, 5.41) is 11.3. The molecule has 1 amide bonds. The summed E-state index contributed by atoms with van der Waals surface area (Å²) in [4.78, 5) is 12.5.